The second-order valence-electron chi connectivity index (χ2n) is 5.31. The van der Waals surface area contributed by atoms with E-state index in [2.05, 4.69) is 13.8 Å². The third-order valence-corrected chi connectivity index (χ3v) is 3.88. The van der Waals surface area contributed by atoms with E-state index in [-0.39, 0.29) is 13.2 Å². The van der Waals surface area contributed by atoms with Crippen LogP contribution in [0.2, 0.25) is 0 Å². The second kappa shape index (κ2) is 6.36. The number of rotatable bonds is 5. The Morgan fingerprint density at radius 1 is 1.41 bits per heavy atom. The molecular weight excluding hydrogens is 220 g/mol. The van der Waals surface area contributed by atoms with Crippen molar-refractivity contribution >= 4 is 5.97 Å². The summed E-state index contributed by atoms with van der Waals surface area (Å²) in [7, 11) is 0. The monoisotopic (exact) mass is 244 g/mol. The molecule has 4 heteroatoms. The van der Waals surface area contributed by atoms with Crippen LogP contribution in [0, 0.1) is 11.8 Å². The Kier molecular flexibility index (Phi) is 5.40. The molecule has 4 nitrogen and oxygen atoms in total. The molecule has 0 saturated heterocycles. The standard InChI is InChI=1S/C13H24O4/c1-10(2)11-4-3-6-13(7-5-11,12(15)16)17-9-8-14/h10-11,14H,3-9H2,1-2H3,(H,15,16). The lowest BCUT2D eigenvalue weighted by Gasteiger charge is -2.28. The van der Waals surface area contributed by atoms with Crippen LogP contribution in [0.5, 0.6) is 0 Å². The number of aliphatic hydroxyl groups is 1. The lowest BCUT2D eigenvalue weighted by atomic mass is 9.88. The molecule has 0 aromatic carbocycles. The van der Waals surface area contributed by atoms with E-state index in [1.807, 2.05) is 0 Å². The zero-order valence-corrected chi connectivity index (χ0v) is 10.8. The van der Waals surface area contributed by atoms with Gasteiger partial charge in [0.2, 0.25) is 0 Å². The van der Waals surface area contributed by atoms with Crippen molar-refractivity contribution in [1.82, 2.24) is 0 Å². The highest BCUT2D eigenvalue weighted by molar-refractivity contribution is 5.77. The van der Waals surface area contributed by atoms with Crippen molar-refractivity contribution in [3.8, 4) is 0 Å². The number of aliphatic carboxylic acids is 1. The van der Waals surface area contributed by atoms with E-state index < -0.39 is 11.6 Å². The summed E-state index contributed by atoms with van der Waals surface area (Å²) in [5, 5.41) is 18.1. The zero-order chi connectivity index (χ0) is 12.9. The van der Waals surface area contributed by atoms with E-state index in [0.717, 1.165) is 19.3 Å². The fourth-order valence-electron chi connectivity index (χ4n) is 2.67. The summed E-state index contributed by atoms with van der Waals surface area (Å²) in [6.45, 7) is 4.36. The van der Waals surface area contributed by atoms with Gasteiger partial charge in [-0.05, 0) is 37.5 Å². The highest BCUT2D eigenvalue weighted by Crippen LogP contribution is 2.36. The van der Waals surface area contributed by atoms with Crippen molar-refractivity contribution in [3.63, 3.8) is 0 Å². The number of ether oxygens (including phenoxy) is 1. The molecule has 1 aliphatic carbocycles. The molecular formula is C13H24O4. The van der Waals surface area contributed by atoms with Gasteiger partial charge < -0.3 is 14.9 Å². The van der Waals surface area contributed by atoms with E-state index in [4.69, 9.17) is 9.84 Å². The number of carboxylic acid groups (broad SMARTS) is 1. The fraction of sp³-hybridized carbons (Fsp3) is 0.923. The first kappa shape index (κ1) is 14.5. The average Bonchev–Trinajstić information content (AvgIpc) is 2.49. The normalized spacial score (nSPS) is 30.2. The fourth-order valence-corrected chi connectivity index (χ4v) is 2.67. The Hall–Kier alpha value is -0.610. The lowest BCUT2D eigenvalue weighted by Crippen LogP contribution is -2.42. The highest BCUT2D eigenvalue weighted by atomic mass is 16.5. The molecule has 0 aromatic rings. The minimum absolute atomic E-state index is 0.110. The predicted octanol–water partition coefficient (Wildman–Crippen LogP) is 2.06. The Labute approximate surface area is 103 Å². The molecule has 0 bridgehead atoms. The van der Waals surface area contributed by atoms with Gasteiger partial charge in [0.05, 0.1) is 13.2 Å². The molecule has 1 saturated carbocycles. The summed E-state index contributed by atoms with van der Waals surface area (Å²) in [6, 6.07) is 0. The molecule has 0 heterocycles. The largest absolute Gasteiger partial charge is 0.479 e. The van der Waals surface area contributed by atoms with Gasteiger partial charge >= 0.3 is 5.97 Å². The Morgan fingerprint density at radius 3 is 2.65 bits per heavy atom. The average molecular weight is 244 g/mol. The van der Waals surface area contributed by atoms with Crippen LogP contribution in [-0.4, -0.2) is 35.0 Å². The maximum absolute atomic E-state index is 11.4. The number of hydrogen-bond donors (Lipinski definition) is 2. The van der Waals surface area contributed by atoms with Crippen LogP contribution < -0.4 is 0 Å². The number of aliphatic hydroxyl groups excluding tert-OH is 1. The molecule has 2 atom stereocenters. The Balaban J connectivity index is 2.69. The maximum Gasteiger partial charge on any atom is 0.335 e. The Bertz CT molecular complexity index is 252. The third-order valence-electron chi connectivity index (χ3n) is 3.88. The minimum atomic E-state index is -1.06. The molecule has 0 radical (unpaired) electrons. The van der Waals surface area contributed by atoms with Crippen molar-refractivity contribution in [2.45, 2.75) is 51.6 Å². The first-order valence-electron chi connectivity index (χ1n) is 6.50. The SMILES string of the molecule is CC(C)C1CCCC(OCCO)(C(=O)O)CC1. The molecule has 1 aliphatic rings. The summed E-state index contributed by atoms with van der Waals surface area (Å²) in [4.78, 5) is 11.4. The molecule has 2 N–H and O–H groups in total. The molecule has 0 amide bonds. The van der Waals surface area contributed by atoms with Gasteiger partial charge in [0, 0.05) is 0 Å². The smallest absolute Gasteiger partial charge is 0.335 e. The summed E-state index contributed by atoms with van der Waals surface area (Å²) in [6.07, 6.45) is 3.99. The Morgan fingerprint density at radius 2 is 2.12 bits per heavy atom. The molecule has 0 aromatic heterocycles. The maximum atomic E-state index is 11.4. The number of hydrogen-bond acceptors (Lipinski definition) is 3. The van der Waals surface area contributed by atoms with Crippen LogP contribution >= 0.6 is 0 Å². The molecule has 1 fully saturated rings. The first-order valence-corrected chi connectivity index (χ1v) is 6.50. The van der Waals surface area contributed by atoms with Crippen LogP contribution in [0.25, 0.3) is 0 Å². The summed E-state index contributed by atoms with van der Waals surface area (Å²) < 4.78 is 5.44. The van der Waals surface area contributed by atoms with Crippen molar-refractivity contribution in [2.75, 3.05) is 13.2 Å². The molecule has 17 heavy (non-hydrogen) atoms. The molecule has 0 spiro atoms. The molecule has 2 unspecified atom stereocenters. The first-order chi connectivity index (χ1) is 8.02. The van der Waals surface area contributed by atoms with E-state index in [0.29, 0.717) is 24.7 Å². The van der Waals surface area contributed by atoms with Gasteiger partial charge in [-0.15, -0.1) is 0 Å². The summed E-state index contributed by atoms with van der Waals surface area (Å²) in [5.41, 5.74) is -1.06. The number of carbonyl (C=O) groups is 1. The highest BCUT2D eigenvalue weighted by Gasteiger charge is 2.41. The van der Waals surface area contributed by atoms with E-state index in [1.165, 1.54) is 0 Å². The van der Waals surface area contributed by atoms with Crippen molar-refractivity contribution in [3.05, 3.63) is 0 Å². The topological polar surface area (TPSA) is 66.8 Å². The van der Waals surface area contributed by atoms with E-state index in [1.54, 1.807) is 0 Å². The van der Waals surface area contributed by atoms with Gasteiger partial charge in [-0.25, -0.2) is 4.79 Å². The lowest BCUT2D eigenvalue weighted by molar-refractivity contribution is -0.169. The van der Waals surface area contributed by atoms with Crippen LogP contribution in [0.1, 0.15) is 46.0 Å². The van der Waals surface area contributed by atoms with Gasteiger partial charge in [-0.3, -0.25) is 0 Å². The summed E-state index contributed by atoms with van der Waals surface area (Å²) >= 11 is 0. The van der Waals surface area contributed by atoms with Crippen LogP contribution in [-0.2, 0) is 9.53 Å². The molecule has 1 rings (SSSR count). The molecule has 0 aliphatic heterocycles. The molecule has 100 valence electrons. The second-order valence-corrected chi connectivity index (χ2v) is 5.31. The van der Waals surface area contributed by atoms with Gasteiger partial charge in [0.1, 0.15) is 0 Å². The van der Waals surface area contributed by atoms with Gasteiger partial charge in [-0.2, -0.15) is 0 Å². The van der Waals surface area contributed by atoms with E-state index >= 15 is 0 Å². The van der Waals surface area contributed by atoms with Crippen molar-refractivity contribution in [2.24, 2.45) is 11.8 Å². The number of carboxylic acids is 1. The predicted molar refractivity (Wildman–Crippen MR) is 64.8 cm³/mol. The van der Waals surface area contributed by atoms with Gasteiger partial charge in [0.15, 0.2) is 5.60 Å². The quantitative estimate of drug-likeness (QED) is 0.726. The van der Waals surface area contributed by atoms with Crippen molar-refractivity contribution < 1.29 is 19.7 Å². The summed E-state index contributed by atoms with van der Waals surface area (Å²) in [5.74, 6) is 0.307. The van der Waals surface area contributed by atoms with Crippen LogP contribution in [0.3, 0.4) is 0 Å². The zero-order valence-electron chi connectivity index (χ0n) is 10.8. The van der Waals surface area contributed by atoms with Gasteiger partial charge in [0.25, 0.3) is 0 Å². The minimum Gasteiger partial charge on any atom is -0.479 e. The third kappa shape index (κ3) is 3.68. The van der Waals surface area contributed by atoms with Gasteiger partial charge in [-0.1, -0.05) is 20.3 Å². The van der Waals surface area contributed by atoms with Crippen molar-refractivity contribution in [1.29, 1.82) is 0 Å². The van der Waals surface area contributed by atoms with Crippen LogP contribution in [0.15, 0.2) is 0 Å². The van der Waals surface area contributed by atoms with E-state index in [9.17, 15) is 9.90 Å². The van der Waals surface area contributed by atoms with Crippen LogP contribution in [0.4, 0.5) is 0 Å².